The fourth-order valence-electron chi connectivity index (χ4n) is 1.78. The number of rotatable bonds is 4. The van der Waals surface area contributed by atoms with Crippen molar-refractivity contribution < 1.29 is 14.5 Å². The first-order valence-corrected chi connectivity index (χ1v) is 6.37. The van der Waals surface area contributed by atoms with Gasteiger partial charge < -0.3 is 20.3 Å². The first-order chi connectivity index (χ1) is 10.6. The molecule has 0 saturated carbocycles. The molecule has 7 nitrogen and oxygen atoms in total. The molecule has 1 aliphatic carbocycles. The number of hydrogen-bond acceptors (Lipinski definition) is 5. The number of oxime groups is 1. The Kier molecular flexibility index (Phi) is 4.94. The van der Waals surface area contributed by atoms with Crippen molar-refractivity contribution in [3.63, 3.8) is 0 Å². The summed E-state index contributed by atoms with van der Waals surface area (Å²) in [5.74, 6) is 5.59. The van der Waals surface area contributed by atoms with Crippen LogP contribution in [-0.4, -0.2) is 18.9 Å². The number of hydrogen-bond donors (Lipinski definition) is 3. The Balaban J connectivity index is 1.95. The Morgan fingerprint density at radius 2 is 1.95 bits per heavy atom. The molecule has 1 aromatic carbocycles. The number of carbonyl (C=O) groups excluding carboxylic acids is 1. The van der Waals surface area contributed by atoms with Gasteiger partial charge in [-0.2, -0.15) is 0 Å². The molecule has 7 heteroatoms. The molecule has 0 saturated heterocycles. The van der Waals surface area contributed by atoms with E-state index in [-0.39, 0.29) is 6.03 Å². The largest absolute Gasteiger partial charge is 0.497 e. The minimum absolute atomic E-state index is 0.371. The van der Waals surface area contributed by atoms with Crippen LogP contribution < -0.4 is 21.3 Å². The van der Waals surface area contributed by atoms with E-state index in [0.29, 0.717) is 28.4 Å². The average Bonchev–Trinajstić information content (AvgIpc) is 2.51. The second-order valence-corrected chi connectivity index (χ2v) is 4.35. The molecule has 22 heavy (non-hydrogen) atoms. The highest BCUT2D eigenvalue weighted by molar-refractivity contribution is 6.11. The predicted molar refractivity (Wildman–Crippen MR) is 84.2 cm³/mol. The number of nitrogens with zero attached hydrogens (tertiary/aromatic N) is 1. The van der Waals surface area contributed by atoms with Crippen LogP contribution in [-0.2, 0) is 4.94 Å². The zero-order valence-electron chi connectivity index (χ0n) is 12.0. The Morgan fingerprint density at radius 1 is 1.23 bits per heavy atom. The van der Waals surface area contributed by atoms with Crippen LogP contribution >= 0.6 is 0 Å². The van der Waals surface area contributed by atoms with Crippen LogP contribution in [0.15, 0.2) is 65.5 Å². The Hall–Kier alpha value is -3.06. The van der Waals surface area contributed by atoms with E-state index in [4.69, 9.17) is 10.6 Å². The molecule has 0 radical (unpaired) electrons. The Labute approximate surface area is 127 Å². The molecule has 4 N–H and O–H groups in total. The van der Waals surface area contributed by atoms with Gasteiger partial charge in [0.05, 0.1) is 7.11 Å². The number of ether oxygens (including phenoxy) is 1. The molecule has 2 rings (SSSR count). The number of allylic oxidation sites excluding steroid dienone is 4. The summed E-state index contributed by atoms with van der Waals surface area (Å²) in [6.07, 6.45) is 4.96. The van der Waals surface area contributed by atoms with Crippen molar-refractivity contribution in [3.05, 3.63) is 60.3 Å². The summed E-state index contributed by atoms with van der Waals surface area (Å²) in [6.45, 7) is 3.80. The standard InChI is InChI=1S/C15H16N4O3/c1-10-9-12(5-8-14(10)19-22-16)18-15(20)17-11-3-6-13(21-2)7-4-11/h3-9H,1,16H2,2H3,(H2,17,18,20)/b19-14-. The zero-order valence-corrected chi connectivity index (χ0v) is 12.0. The fourth-order valence-corrected chi connectivity index (χ4v) is 1.78. The van der Waals surface area contributed by atoms with Crippen molar-refractivity contribution in [3.8, 4) is 5.75 Å². The monoisotopic (exact) mass is 300 g/mol. The molecule has 0 bridgehead atoms. The summed E-state index contributed by atoms with van der Waals surface area (Å²) in [4.78, 5) is 16.1. The summed E-state index contributed by atoms with van der Waals surface area (Å²) in [6, 6.07) is 6.63. The SMILES string of the molecule is C=C1C=C(NC(=O)Nc2ccc(OC)cc2)C=C/C1=N/ON. The van der Waals surface area contributed by atoms with Crippen molar-refractivity contribution in [1.82, 2.24) is 5.32 Å². The number of benzene rings is 1. The van der Waals surface area contributed by atoms with Crippen LogP contribution in [0.5, 0.6) is 5.75 Å². The van der Waals surface area contributed by atoms with E-state index in [1.807, 2.05) is 0 Å². The maximum absolute atomic E-state index is 11.9. The van der Waals surface area contributed by atoms with Gasteiger partial charge in [-0.25, -0.2) is 4.79 Å². The van der Waals surface area contributed by atoms with Crippen molar-refractivity contribution in [1.29, 1.82) is 0 Å². The van der Waals surface area contributed by atoms with E-state index in [9.17, 15) is 4.79 Å². The lowest BCUT2D eigenvalue weighted by Gasteiger charge is -2.12. The van der Waals surface area contributed by atoms with Gasteiger partial charge in [0.2, 0.25) is 0 Å². The van der Waals surface area contributed by atoms with E-state index in [2.05, 4.69) is 27.3 Å². The zero-order chi connectivity index (χ0) is 15.9. The van der Waals surface area contributed by atoms with Crippen molar-refractivity contribution in [2.24, 2.45) is 11.1 Å². The number of carbonyl (C=O) groups is 1. The van der Waals surface area contributed by atoms with Gasteiger partial charge in [-0.15, -0.1) is 5.90 Å². The Morgan fingerprint density at radius 3 is 2.55 bits per heavy atom. The second-order valence-electron chi connectivity index (χ2n) is 4.35. The Bertz CT molecular complexity index is 660. The maximum atomic E-state index is 11.9. The van der Waals surface area contributed by atoms with E-state index >= 15 is 0 Å². The van der Waals surface area contributed by atoms with Crippen LogP contribution in [0.4, 0.5) is 10.5 Å². The fraction of sp³-hybridized carbons (Fsp3) is 0.0667. The number of nitrogens with two attached hydrogens (primary N) is 1. The van der Waals surface area contributed by atoms with E-state index < -0.39 is 0 Å². The van der Waals surface area contributed by atoms with Gasteiger partial charge in [-0.1, -0.05) is 11.7 Å². The highest BCUT2D eigenvalue weighted by Crippen LogP contribution is 2.15. The predicted octanol–water partition coefficient (Wildman–Crippen LogP) is 2.07. The lowest BCUT2D eigenvalue weighted by Crippen LogP contribution is -2.28. The van der Waals surface area contributed by atoms with Crippen molar-refractivity contribution in [2.75, 3.05) is 12.4 Å². The molecular weight excluding hydrogens is 284 g/mol. The molecule has 0 unspecified atom stereocenters. The average molecular weight is 300 g/mol. The van der Waals surface area contributed by atoms with Gasteiger partial charge in [0.15, 0.2) is 0 Å². The highest BCUT2D eigenvalue weighted by Gasteiger charge is 2.10. The lowest BCUT2D eigenvalue weighted by atomic mass is 10.1. The number of amides is 2. The molecule has 0 fully saturated rings. The van der Waals surface area contributed by atoms with Gasteiger partial charge in [-0.3, -0.25) is 0 Å². The van der Waals surface area contributed by atoms with Crippen LogP contribution in [0, 0.1) is 0 Å². The molecular formula is C15H16N4O3. The second kappa shape index (κ2) is 7.09. The minimum Gasteiger partial charge on any atom is -0.497 e. The molecule has 0 aromatic heterocycles. The van der Waals surface area contributed by atoms with Crippen molar-refractivity contribution >= 4 is 17.4 Å². The molecule has 0 atom stereocenters. The van der Waals surface area contributed by atoms with Gasteiger partial charge in [-0.05, 0) is 48.1 Å². The summed E-state index contributed by atoms with van der Waals surface area (Å²) < 4.78 is 5.05. The number of anilines is 1. The highest BCUT2D eigenvalue weighted by atomic mass is 16.7. The van der Waals surface area contributed by atoms with Gasteiger partial charge in [0.1, 0.15) is 11.5 Å². The van der Waals surface area contributed by atoms with Crippen LogP contribution in [0.1, 0.15) is 0 Å². The third-order valence-corrected chi connectivity index (χ3v) is 2.84. The summed E-state index contributed by atoms with van der Waals surface area (Å²) in [5, 5.41) is 8.99. The molecule has 0 heterocycles. The van der Waals surface area contributed by atoms with E-state index in [1.54, 1.807) is 49.6 Å². The lowest BCUT2D eigenvalue weighted by molar-refractivity contribution is 0.149. The number of nitrogens with one attached hydrogen (secondary N) is 2. The van der Waals surface area contributed by atoms with Crippen LogP contribution in [0.25, 0.3) is 0 Å². The molecule has 0 spiro atoms. The quantitative estimate of drug-likeness (QED) is 0.741. The van der Waals surface area contributed by atoms with Gasteiger partial charge in [0.25, 0.3) is 0 Å². The third kappa shape index (κ3) is 3.97. The van der Waals surface area contributed by atoms with Crippen LogP contribution in [0.3, 0.4) is 0 Å². The molecule has 1 aromatic rings. The van der Waals surface area contributed by atoms with Gasteiger partial charge in [0, 0.05) is 11.4 Å². The minimum atomic E-state index is -0.371. The molecule has 1 aliphatic rings. The van der Waals surface area contributed by atoms with E-state index in [1.165, 1.54) is 0 Å². The van der Waals surface area contributed by atoms with E-state index in [0.717, 1.165) is 0 Å². The summed E-state index contributed by atoms with van der Waals surface area (Å²) in [5.41, 5.74) is 2.29. The summed E-state index contributed by atoms with van der Waals surface area (Å²) in [7, 11) is 1.58. The number of urea groups is 1. The smallest absolute Gasteiger partial charge is 0.323 e. The topological polar surface area (TPSA) is 98.0 Å². The molecule has 0 aliphatic heterocycles. The first-order valence-electron chi connectivity index (χ1n) is 6.37. The maximum Gasteiger partial charge on any atom is 0.323 e. The normalized spacial score (nSPS) is 15.3. The van der Waals surface area contributed by atoms with Crippen molar-refractivity contribution in [2.45, 2.75) is 0 Å². The third-order valence-electron chi connectivity index (χ3n) is 2.84. The summed E-state index contributed by atoms with van der Waals surface area (Å²) >= 11 is 0. The molecule has 114 valence electrons. The first kappa shape index (κ1) is 15.3. The molecule has 2 amide bonds. The van der Waals surface area contributed by atoms with Crippen LogP contribution in [0.2, 0.25) is 0 Å². The number of methoxy groups -OCH3 is 1. The van der Waals surface area contributed by atoms with Gasteiger partial charge >= 0.3 is 6.03 Å².